The van der Waals surface area contributed by atoms with Crippen molar-refractivity contribution in [1.82, 2.24) is 70.3 Å². The average molecular weight is 1740 g/mol. The number of aromatic hydroxyl groups is 5. The highest BCUT2D eigenvalue weighted by molar-refractivity contribution is 5.84. The molecule has 12 aromatic carbocycles. The van der Waals surface area contributed by atoms with Crippen LogP contribution in [0.5, 0.6) is 46.0 Å². The average Bonchev–Trinajstić information content (AvgIpc) is 1.52. The molecule has 0 saturated heterocycles. The molecular weight excluding hydrogens is 1620 g/mol. The molecular formula is C107H119N15O8. The summed E-state index contributed by atoms with van der Waals surface area (Å²) in [5, 5.41) is 54.1. The van der Waals surface area contributed by atoms with E-state index in [1.165, 1.54) is 65.4 Å². The molecule has 10 aromatic heterocycles. The lowest BCUT2D eigenvalue weighted by Gasteiger charge is -2.32. The lowest BCUT2D eigenvalue weighted by Crippen LogP contribution is -2.24. The molecule has 0 saturated carbocycles. The zero-order valence-electron chi connectivity index (χ0n) is 77.4. The molecule has 0 unspecified atom stereocenters. The number of aromatic nitrogens is 15. The van der Waals surface area contributed by atoms with Gasteiger partial charge in [-0.2, -0.15) is 0 Å². The first-order valence-corrected chi connectivity index (χ1v) is 45.8. The highest BCUT2D eigenvalue weighted by Gasteiger charge is 2.38. The highest BCUT2D eigenvalue weighted by atomic mass is 16.5. The number of fused-ring (bicyclic) bond motifs is 20. The third-order valence-corrected chi connectivity index (χ3v) is 26.6. The Kier molecular flexibility index (Phi) is 22.4. The summed E-state index contributed by atoms with van der Waals surface area (Å²) < 4.78 is 37.6. The fourth-order valence-electron chi connectivity index (χ4n) is 17.6. The minimum atomic E-state index is -0.380. The Labute approximate surface area is 756 Å². The highest BCUT2D eigenvalue weighted by Crippen LogP contribution is 2.49. The van der Waals surface area contributed by atoms with Gasteiger partial charge in [0.2, 0.25) is 0 Å². The third kappa shape index (κ3) is 15.3. The zero-order chi connectivity index (χ0) is 91.2. The summed E-state index contributed by atoms with van der Waals surface area (Å²) in [6.45, 7) is 36.1. The molecule has 5 N–H and O–H groups in total. The normalized spacial score (nSPS) is 12.5. The number of hydrogen-bond donors (Lipinski definition) is 5. The zero-order valence-corrected chi connectivity index (χ0v) is 77.4. The maximum absolute atomic E-state index is 11.7. The van der Waals surface area contributed by atoms with E-state index in [0.717, 1.165) is 127 Å². The molecule has 22 aromatic rings. The van der Waals surface area contributed by atoms with E-state index in [9.17, 15) is 25.5 Å². The predicted molar refractivity (Wildman–Crippen MR) is 518 cm³/mol. The summed E-state index contributed by atoms with van der Waals surface area (Å²) in [6, 6.07) is 85.2. The van der Waals surface area contributed by atoms with Crippen molar-refractivity contribution >= 4 is 55.2 Å². The number of ether oxygens (including phenoxy) is 3. The minimum absolute atomic E-state index is 0.0631. The summed E-state index contributed by atoms with van der Waals surface area (Å²) >= 11 is 0. The predicted octanol–water partition coefficient (Wildman–Crippen LogP) is 24.2. The van der Waals surface area contributed by atoms with Gasteiger partial charge < -0.3 is 39.7 Å². The summed E-state index contributed by atoms with van der Waals surface area (Å²) in [5.41, 5.74) is 22.3. The molecule has 0 atom stereocenters. The van der Waals surface area contributed by atoms with Gasteiger partial charge in [-0.05, 0) is 167 Å². The molecule has 0 radical (unpaired) electrons. The van der Waals surface area contributed by atoms with Crippen molar-refractivity contribution in [3.63, 3.8) is 0 Å². The van der Waals surface area contributed by atoms with Gasteiger partial charge in [0, 0.05) is 52.6 Å². The lowest BCUT2D eigenvalue weighted by atomic mass is 9.72. The van der Waals surface area contributed by atoms with Crippen LogP contribution < -0.4 is 14.2 Å². The summed E-state index contributed by atoms with van der Waals surface area (Å²) in [5.74, 6) is 6.37. The fraction of sp³-hybridized carbons (Fsp3) is 0.308. The van der Waals surface area contributed by atoms with E-state index in [2.05, 4.69) is 293 Å². The Balaban J connectivity index is 0.000000111. The first-order chi connectivity index (χ1) is 62.6. The molecule has 0 aliphatic carbocycles. The molecule has 22 rings (SSSR count). The van der Waals surface area contributed by atoms with Crippen molar-refractivity contribution in [2.75, 3.05) is 13.2 Å². The van der Waals surface area contributed by atoms with Gasteiger partial charge in [-0.1, -0.05) is 282 Å². The fourth-order valence-corrected chi connectivity index (χ4v) is 17.6. The summed E-state index contributed by atoms with van der Waals surface area (Å²) in [7, 11) is 0. The maximum Gasteiger partial charge on any atom is 0.147 e. The van der Waals surface area contributed by atoms with Gasteiger partial charge in [-0.3, -0.25) is 0 Å². The second-order valence-electron chi connectivity index (χ2n) is 37.7. The van der Waals surface area contributed by atoms with E-state index in [1.807, 2.05) is 118 Å². The van der Waals surface area contributed by atoms with E-state index in [1.54, 1.807) is 37.3 Å². The number of nitrogens with zero attached hydrogens (tertiary/aromatic N) is 15. The monoisotopic (exact) mass is 1740 g/mol. The van der Waals surface area contributed by atoms with Crippen LogP contribution in [0, 0.1) is 12.0 Å². The van der Waals surface area contributed by atoms with E-state index >= 15 is 0 Å². The van der Waals surface area contributed by atoms with Crippen molar-refractivity contribution in [3.05, 3.63) is 294 Å². The molecule has 0 aliphatic heterocycles. The van der Waals surface area contributed by atoms with E-state index in [-0.39, 0.29) is 38.6 Å². The van der Waals surface area contributed by atoms with Crippen molar-refractivity contribution in [3.8, 4) is 86.5 Å². The van der Waals surface area contributed by atoms with Crippen molar-refractivity contribution < 1.29 is 39.7 Å². The van der Waals surface area contributed by atoms with Crippen LogP contribution in [0.15, 0.2) is 255 Å². The molecule has 0 fully saturated rings. The molecule has 130 heavy (non-hydrogen) atoms. The van der Waals surface area contributed by atoms with Gasteiger partial charge in [0.25, 0.3) is 0 Å². The number of unbranched alkanes of at least 4 members (excludes halogenated alkanes) is 6. The quantitative estimate of drug-likeness (QED) is 0.0261. The Hall–Kier alpha value is -14.4. The lowest BCUT2D eigenvalue weighted by molar-refractivity contribution is 0.302. The van der Waals surface area contributed by atoms with Gasteiger partial charge >= 0.3 is 0 Å². The molecule has 23 heteroatoms. The maximum atomic E-state index is 11.7. The Morgan fingerprint density at radius 1 is 0.277 bits per heavy atom. The Morgan fingerprint density at radius 3 is 1.01 bits per heavy atom. The first kappa shape index (κ1) is 86.3. The van der Waals surface area contributed by atoms with Gasteiger partial charge in [-0.15, -0.1) is 70.3 Å². The van der Waals surface area contributed by atoms with Gasteiger partial charge in [0.1, 0.15) is 136 Å². The smallest absolute Gasteiger partial charge is 0.147 e. The topological polar surface area (TPSA) is 198 Å². The number of phenolic OH excluding ortho intramolecular Hbond substituents is 5. The number of rotatable bonds is 26. The molecule has 0 bridgehead atoms. The van der Waals surface area contributed by atoms with Crippen LogP contribution in [0.4, 0.5) is 0 Å². The molecule has 10 heterocycles. The van der Waals surface area contributed by atoms with Crippen LogP contribution in [0.1, 0.15) is 214 Å². The summed E-state index contributed by atoms with van der Waals surface area (Å²) in [4.78, 5) is 9.96. The van der Waals surface area contributed by atoms with Crippen molar-refractivity contribution in [1.29, 1.82) is 0 Å². The standard InChI is InChI=1S/C30H29N3O.C24H33N3O2.C22H29N3O.C16H17N3O2.C15H11N3O2/c1-29(2,21-13-7-5-8-14-21)23-19-24(30(3,4)22-15-9-6-10-16-22)28(34)27(20-23)33-31-25-17-11-12-18-26(25)32(31)33;1-5-6-7-8-9-12-15-29-18-16-19(24(2,3)4)23(28)22(17-18)27-25-20-13-10-11-14-21(20)26(25)27;1-7-21(3,4)15-13-16(22(5,6)8-2)20(26)19(14-15)25-23-17-11-9-10-12-18(17)24(23)25;1-2-3-10-21-12-8-9-16(20)15(11-12)19-17-13-6-4-5-7-14(13)18(17)19;1-2-9-20-11-7-8-15(19)14(10-11)18-16-12-5-3-4-6-13(12)17(16)18/h5-20,34H,1-4H3;10-11,13-14,16-17,28H,5-9,12,15H2,1-4H3;9-14,26H,7-8H2,1-6H3;4-9,11,20H,2-3,10H2,1H3;3-8,10,19H,1H3. The number of para-hydroxylation sites is 10. The second-order valence-corrected chi connectivity index (χ2v) is 37.7. The number of benzene rings is 12. The minimum Gasteiger partial charge on any atom is -0.506 e. The van der Waals surface area contributed by atoms with Gasteiger partial charge in [-0.25, -0.2) is 0 Å². The van der Waals surface area contributed by atoms with Crippen LogP contribution in [-0.4, -0.2) is 109 Å². The van der Waals surface area contributed by atoms with E-state index in [4.69, 9.17) is 14.2 Å². The SMILES string of the molecule is CC#COc1ccc(O)c(-n2n3c4ccccc4n23)c1.CC(C)(c1ccccc1)c1cc(-n2n3c4ccccc4n23)c(O)c(C(C)(C)c2ccccc2)c1.CCC(C)(C)c1cc(-n2n3c4ccccc4n23)c(O)c(C(C)(C)CC)c1.CCCCCCCCOc1cc(-n2n3c4ccccc4n23)c(O)c(C(C)(C)C)c1.CCCCOc1ccc(O)c(-n2n3c4ccccc4n23)c1. The van der Waals surface area contributed by atoms with Gasteiger partial charge in [0.05, 0.1) is 13.2 Å². The Morgan fingerprint density at radius 2 is 0.600 bits per heavy atom. The Bertz CT molecular complexity index is 7460. The number of phenols is 5. The summed E-state index contributed by atoms with van der Waals surface area (Å²) in [6.07, 6.45) is 14.2. The van der Waals surface area contributed by atoms with Crippen LogP contribution in [0.2, 0.25) is 0 Å². The van der Waals surface area contributed by atoms with Crippen LogP contribution in [-0.2, 0) is 27.1 Å². The van der Waals surface area contributed by atoms with Crippen LogP contribution >= 0.6 is 0 Å². The largest absolute Gasteiger partial charge is 0.506 e. The van der Waals surface area contributed by atoms with Crippen molar-refractivity contribution in [2.24, 2.45) is 0 Å². The molecule has 0 aliphatic rings. The molecule has 23 nitrogen and oxygen atoms in total. The van der Waals surface area contributed by atoms with E-state index in [0.29, 0.717) is 41.9 Å². The molecule has 670 valence electrons. The van der Waals surface area contributed by atoms with Crippen molar-refractivity contribution in [2.45, 2.75) is 202 Å². The van der Waals surface area contributed by atoms with Crippen LogP contribution in [0.25, 0.3) is 83.6 Å². The second kappa shape index (κ2) is 33.7. The molecule has 0 spiro atoms. The van der Waals surface area contributed by atoms with Gasteiger partial charge in [0.15, 0.2) is 0 Å². The third-order valence-electron chi connectivity index (χ3n) is 26.6. The number of hydrogen-bond acceptors (Lipinski definition) is 8. The molecule has 0 amide bonds. The van der Waals surface area contributed by atoms with Crippen LogP contribution in [0.3, 0.4) is 0 Å². The first-order valence-electron chi connectivity index (χ1n) is 45.8. The van der Waals surface area contributed by atoms with E-state index < -0.39 is 0 Å².